The van der Waals surface area contributed by atoms with Crippen LogP contribution < -0.4 is 11.1 Å². The van der Waals surface area contributed by atoms with Gasteiger partial charge in [-0.3, -0.25) is 14.5 Å². The molecule has 1 aromatic rings. The average Bonchev–Trinajstić information content (AvgIpc) is 2.48. The first kappa shape index (κ1) is 15.0. The molecule has 3 N–H and O–H groups in total. The van der Waals surface area contributed by atoms with Gasteiger partial charge in [0.2, 0.25) is 11.8 Å². The van der Waals surface area contributed by atoms with E-state index in [-0.39, 0.29) is 24.4 Å². The van der Waals surface area contributed by atoms with E-state index in [1.165, 1.54) is 0 Å². The lowest BCUT2D eigenvalue weighted by molar-refractivity contribution is -0.126. The van der Waals surface area contributed by atoms with E-state index in [0.29, 0.717) is 24.2 Å². The van der Waals surface area contributed by atoms with Gasteiger partial charge >= 0.3 is 0 Å². The molecule has 2 amide bonds. The Kier molecular flexibility index (Phi) is 4.90. The number of nitrogens with two attached hydrogens (primary N) is 1. The molecule has 1 atom stereocenters. The molecular formula is C15H18N4O2. The molecule has 1 aliphatic rings. The summed E-state index contributed by atoms with van der Waals surface area (Å²) in [5, 5.41) is 11.5. The Bertz CT molecular complexity index is 562. The number of rotatable bonds is 4. The van der Waals surface area contributed by atoms with Crippen molar-refractivity contribution in [1.29, 1.82) is 5.26 Å². The molecule has 1 saturated heterocycles. The van der Waals surface area contributed by atoms with E-state index < -0.39 is 0 Å². The van der Waals surface area contributed by atoms with Crippen molar-refractivity contribution in [3.05, 3.63) is 29.8 Å². The molecule has 2 rings (SSSR count). The van der Waals surface area contributed by atoms with Gasteiger partial charge in [0.05, 0.1) is 24.2 Å². The van der Waals surface area contributed by atoms with Gasteiger partial charge in [0.1, 0.15) is 0 Å². The van der Waals surface area contributed by atoms with Gasteiger partial charge in [0.25, 0.3) is 0 Å². The summed E-state index contributed by atoms with van der Waals surface area (Å²) >= 11 is 0. The number of benzene rings is 1. The molecule has 6 nitrogen and oxygen atoms in total. The SMILES string of the molecule is N#Cc1ccc(NC(=O)CN2CCCC[C@@H]2C(N)=O)cc1. The standard InChI is InChI=1S/C15H18N4O2/c16-9-11-4-6-12(7-5-11)18-14(20)10-19-8-2-1-3-13(19)15(17)21/h4-7,13H,1-3,8,10H2,(H2,17,21)(H,18,20)/t13-/m1/s1. The molecular weight excluding hydrogens is 268 g/mol. The first-order chi connectivity index (χ1) is 10.1. The van der Waals surface area contributed by atoms with Crippen molar-refractivity contribution in [3.8, 4) is 6.07 Å². The van der Waals surface area contributed by atoms with Crippen molar-refractivity contribution < 1.29 is 9.59 Å². The zero-order chi connectivity index (χ0) is 15.2. The Morgan fingerprint density at radius 2 is 2.05 bits per heavy atom. The molecule has 1 heterocycles. The van der Waals surface area contributed by atoms with Crippen LogP contribution >= 0.6 is 0 Å². The molecule has 0 bridgehead atoms. The number of hydrogen-bond acceptors (Lipinski definition) is 4. The Morgan fingerprint density at radius 1 is 1.33 bits per heavy atom. The molecule has 110 valence electrons. The number of hydrogen-bond donors (Lipinski definition) is 2. The van der Waals surface area contributed by atoms with E-state index in [9.17, 15) is 9.59 Å². The van der Waals surface area contributed by atoms with Crippen LogP contribution in [0.25, 0.3) is 0 Å². The number of anilines is 1. The fourth-order valence-corrected chi connectivity index (χ4v) is 2.52. The first-order valence-corrected chi connectivity index (χ1v) is 6.93. The summed E-state index contributed by atoms with van der Waals surface area (Å²) < 4.78 is 0. The second-order valence-electron chi connectivity index (χ2n) is 5.12. The summed E-state index contributed by atoms with van der Waals surface area (Å²) in [5.74, 6) is -0.561. The van der Waals surface area contributed by atoms with Crippen LogP contribution in [0.2, 0.25) is 0 Å². The summed E-state index contributed by atoms with van der Waals surface area (Å²) in [4.78, 5) is 25.3. The average molecular weight is 286 g/mol. The van der Waals surface area contributed by atoms with Crippen molar-refractivity contribution in [2.24, 2.45) is 5.73 Å². The summed E-state index contributed by atoms with van der Waals surface area (Å²) in [5.41, 5.74) is 6.55. The largest absolute Gasteiger partial charge is 0.368 e. The Labute approximate surface area is 123 Å². The topological polar surface area (TPSA) is 99.2 Å². The first-order valence-electron chi connectivity index (χ1n) is 6.93. The van der Waals surface area contributed by atoms with Crippen molar-refractivity contribution in [3.63, 3.8) is 0 Å². The van der Waals surface area contributed by atoms with Crippen LogP contribution in [0.5, 0.6) is 0 Å². The van der Waals surface area contributed by atoms with Crippen molar-refractivity contribution in [2.75, 3.05) is 18.4 Å². The normalized spacial score (nSPS) is 18.7. The fraction of sp³-hybridized carbons (Fsp3) is 0.400. The highest BCUT2D eigenvalue weighted by Gasteiger charge is 2.28. The highest BCUT2D eigenvalue weighted by atomic mass is 16.2. The van der Waals surface area contributed by atoms with E-state index in [1.807, 2.05) is 11.0 Å². The summed E-state index contributed by atoms with van der Waals surface area (Å²) in [6.45, 7) is 0.849. The van der Waals surface area contributed by atoms with E-state index in [2.05, 4.69) is 5.32 Å². The van der Waals surface area contributed by atoms with Crippen LogP contribution in [0.3, 0.4) is 0 Å². The van der Waals surface area contributed by atoms with Crippen LogP contribution in [0.15, 0.2) is 24.3 Å². The highest BCUT2D eigenvalue weighted by molar-refractivity contribution is 5.92. The zero-order valence-electron chi connectivity index (χ0n) is 11.7. The summed E-state index contributed by atoms with van der Waals surface area (Å²) in [6.07, 6.45) is 2.63. The Balaban J connectivity index is 1.93. The van der Waals surface area contributed by atoms with E-state index in [0.717, 1.165) is 12.8 Å². The molecule has 0 aromatic heterocycles. The number of primary amides is 1. The molecule has 1 aliphatic heterocycles. The lowest BCUT2D eigenvalue weighted by atomic mass is 10.0. The lowest BCUT2D eigenvalue weighted by Gasteiger charge is -2.32. The van der Waals surface area contributed by atoms with Gasteiger partial charge in [-0.25, -0.2) is 0 Å². The van der Waals surface area contributed by atoms with Gasteiger partial charge in [0.15, 0.2) is 0 Å². The van der Waals surface area contributed by atoms with Gasteiger partial charge in [-0.2, -0.15) is 5.26 Å². The van der Waals surface area contributed by atoms with Crippen LogP contribution in [0.1, 0.15) is 24.8 Å². The predicted molar refractivity (Wildman–Crippen MR) is 78.2 cm³/mol. The molecule has 0 aliphatic carbocycles. The smallest absolute Gasteiger partial charge is 0.238 e. The maximum absolute atomic E-state index is 12.0. The minimum absolute atomic E-state index is 0.146. The third-order valence-corrected chi connectivity index (χ3v) is 3.59. The zero-order valence-corrected chi connectivity index (χ0v) is 11.7. The number of carbonyl (C=O) groups is 2. The second kappa shape index (κ2) is 6.86. The van der Waals surface area contributed by atoms with E-state index in [4.69, 9.17) is 11.0 Å². The highest BCUT2D eigenvalue weighted by Crippen LogP contribution is 2.16. The van der Waals surface area contributed by atoms with E-state index in [1.54, 1.807) is 24.3 Å². The number of nitrogens with zero attached hydrogens (tertiary/aromatic N) is 2. The maximum atomic E-state index is 12.0. The van der Waals surface area contributed by atoms with Gasteiger partial charge in [0, 0.05) is 5.69 Å². The molecule has 0 unspecified atom stereocenters. The number of nitrogens with one attached hydrogen (secondary N) is 1. The third-order valence-electron chi connectivity index (χ3n) is 3.59. The number of piperidine rings is 1. The maximum Gasteiger partial charge on any atom is 0.238 e. The van der Waals surface area contributed by atoms with Gasteiger partial charge in [-0.05, 0) is 43.7 Å². The van der Waals surface area contributed by atoms with Crippen LogP contribution in [0, 0.1) is 11.3 Å². The van der Waals surface area contributed by atoms with Crippen molar-refractivity contribution >= 4 is 17.5 Å². The number of carbonyl (C=O) groups excluding carboxylic acids is 2. The predicted octanol–water partition coefficient (Wildman–Crippen LogP) is 0.837. The second-order valence-corrected chi connectivity index (χ2v) is 5.12. The number of nitriles is 1. The Morgan fingerprint density at radius 3 is 2.67 bits per heavy atom. The molecule has 6 heteroatoms. The minimum Gasteiger partial charge on any atom is -0.368 e. The summed E-state index contributed by atoms with van der Waals surface area (Å²) in [6, 6.07) is 8.30. The van der Waals surface area contributed by atoms with Gasteiger partial charge in [-0.1, -0.05) is 6.42 Å². The summed E-state index contributed by atoms with van der Waals surface area (Å²) in [7, 11) is 0. The van der Waals surface area contributed by atoms with E-state index >= 15 is 0 Å². The van der Waals surface area contributed by atoms with Gasteiger partial charge < -0.3 is 11.1 Å². The quantitative estimate of drug-likeness (QED) is 0.856. The van der Waals surface area contributed by atoms with Crippen LogP contribution in [-0.4, -0.2) is 35.8 Å². The molecule has 21 heavy (non-hydrogen) atoms. The molecule has 0 saturated carbocycles. The van der Waals surface area contributed by atoms with Crippen LogP contribution in [-0.2, 0) is 9.59 Å². The number of likely N-dealkylation sites (tertiary alicyclic amines) is 1. The molecule has 0 radical (unpaired) electrons. The van der Waals surface area contributed by atoms with Crippen LogP contribution in [0.4, 0.5) is 5.69 Å². The molecule has 0 spiro atoms. The Hall–Kier alpha value is -2.39. The number of amides is 2. The van der Waals surface area contributed by atoms with Crippen molar-refractivity contribution in [2.45, 2.75) is 25.3 Å². The lowest BCUT2D eigenvalue weighted by Crippen LogP contribution is -2.50. The molecule has 1 fully saturated rings. The van der Waals surface area contributed by atoms with Gasteiger partial charge in [-0.15, -0.1) is 0 Å². The fourth-order valence-electron chi connectivity index (χ4n) is 2.52. The minimum atomic E-state index is -0.374. The monoisotopic (exact) mass is 286 g/mol. The van der Waals surface area contributed by atoms with Crippen molar-refractivity contribution in [1.82, 2.24) is 4.90 Å². The third kappa shape index (κ3) is 4.04. The molecule has 1 aromatic carbocycles.